The quantitative estimate of drug-likeness (QED) is 0.947. The molecule has 0 bridgehead atoms. The van der Waals surface area contributed by atoms with E-state index in [-0.39, 0.29) is 11.3 Å². The molecule has 0 saturated carbocycles. The van der Waals surface area contributed by atoms with Gasteiger partial charge in [-0.05, 0) is 38.0 Å². The number of carbonyl (C=O) groups is 1. The Morgan fingerprint density at radius 3 is 3.13 bits per heavy atom. The van der Waals surface area contributed by atoms with Crippen LogP contribution in [0.15, 0.2) is 36.5 Å². The molecule has 120 valence electrons. The fourth-order valence-corrected chi connectivity index (χ4v) is 3.82. The van der Waals surface area contributed by atoms with Crippen LogP contribution in [0, 0.1) is 6.92 Å². The fourth-order valence-electron chi connectivity index (χ4n) is 3.82. The highest BCUT2D eigenvalue weighted by Gasteiger charge is 2.46. The highest BCUT2D eigenvalue weighted by Crippen LogP contribution is 2.45. The summed E-state index contributed by atoms with van der Waals surface area (Å²) in [5, 5.41) is 0. The molecule has 3 heterocycles. The van der Waals surface area contributed by atoms with Crippen LogP contribution in [-0.4, -0.2) is 35.5 Å². The molecule has 4 nitrogen and oxygen atoms in total. The zero-order chi connectivity index (χ0) is 15.9. The minimum absolute atomic E-state index is 0.00342. The SMILES string of the molecule is Cc1ccc2c(c1)C1(CCN(C(=O)CCc3ccc[nH]3)C1)CO2. The van der Waals surface area contributed by atoms with Crippen molar-refractivity contribution in [2.75, 3.05) is 19.7 Å². The zero-order valence-electron chi connectivity index (χ0n) is 13.5. The van der Waals surface area contributed by atoms with Gasteiger partial charge in [0.1, 0.15) is 5.75 Å². The van der Waals surface area contributed by atoms with E-state index in [0.29, 0.717) is 13.0 Å². The van der Waals surface area contributed by atoms with Gasteiger partial charge in [-0.2, -0.15) is 0 Å². The first-order valence-corrected chi connectivity index (χ1v) is 8.30. The van der Waals surface area contributed by atoms with Gasteiger partial charge in [0.15, 0.2) is 0 Å². The Morgan fingerprint density at radius 2 is 2.30 bits per heavy atom. The Bertz CT molecular complexity index is 723. The van der Waals surface area contributed by atoms with Crippen molar-refractivity contribution in [3.63, 3.8) is 0 Å². The minimum Gasteiger partial charge on any atom is -0.492 e. The van der Waals surface area contributed by atoms with E-state index in [2.05, 4.69) is 30.1 Å². The number of rotatable bonds is 3. The van der Waals surface area contributed by atoms with Crippen LogP contribution in [0.4, 0.5) is 0 Å². The summed E-state index contributed by atoms with van der Waals surface area (Å²) in [7, 11) is 0. The van der Waals surface area contributed by atoms with Gasteiger partial charge >= 0.3 is 0 Å². The number of aromatic nitrogens is 1. The van der Waals surface area contributed by atoms with Crippen molar-refractivity contribution in [1.29, 1.82) is 0 Å². The van der Waals surface area contributed by atoms with Crippen molar-refractivity contribution in [2.24, 2.45) is 0 Å². The predicted octanol–water partition coefficient (Wildman–Crippen LogP) is 2.82. The summed E-state index contributed by atoms with van der Waals surface area (Å²) in [6.45, 7) is 4.43. The van der Waals surface area contributed by atoms with Crippen molar-refractivity contribution < 1.29 is 9.53 Å². The summed E-state index contributed by atoms with van der Waals surface area (Å²) >= 11 is 0. The maximum atomic E-state index is 12.5. The fraction of sp³-hybridized carbons (Fsp3) is 0.421. The Hall–Kier alpha value is -2.23. The molecule has 1 unspecified atom stereocenters. The molecule has 0 radical (unpaired) electrons. The predicted molar refractivity (Wildman–Crippen MR) is 88.7 cm³/mol. The lowest BCUT2D eigenvalue weighted by Crippen LogP contribution is -2.35. The standard InChI is InChI=1S/C19H22N2O2/c1-14-4-6-17-16(11-14)19(13-23-17)8-10-21(12-19)18(22)7-5-15-3-2-9-20-15/h2-4,6,9,11,20H,5,7-8,10,12-13H2,1H3. The van der Waals surface area contributed by atoms with Crippen LogP contribution in [0.3, 0.4) is 0 Å². The van der Waals surface area contributed by atoms with E-state index >= 15 is 0 Å². The van der Waals surface area contributed by atoms with E-state index in [4.69, 9.17) is 4.74 Å². The lowest BCUT2D eigenvalue weighted by atomic mass is 9.81. The number of nitrogens with one attached hydrogen (secondary N) is 1. The number of benzene rings is 1. The second-order valence-corrected chi connectivity index (χ2v) is 6.83. The van der Waals surface area contributed by atoms with Crippen molar-refractivity contribution in [3.05, 3.63) is 53.3 Å². The van der Waals surface area contributed by atoms with Crippen molar-refractivity contribution in [3.8, 4) is 5.75 Å². The Labute approximate surface area is 136 Å². The first kappa shape index (κ1) is 14.4. The number of aromatic amines is 1. The Balaban J connectivity index is 1.45. The van der Waals surface area contributed by atoms with Gasteiger partial charge in [0.25, 0.3) is 0 Å². The van der Waals surface area contributed by atoms with E-state index in [9.17, 15) is 4.79 Å². The normalized spacial score (nSPS) is 22.4. The van der Waals surface area contributed by atoms with E-state index < -0.39 is 0 Å². The highest BCUT2D eigenvalue weighted by atomic mass is 16.5. The zero-order valence-corrected chi connectivity index (χ0v) is 13.5. The molecule has 4 heteroatoms. The molecule has 2 aliphatic rings. The molecule has 1 saturated heterocycles. The summed E-state index contributed by atoms with van der Waals surface area (Å²) in [6, 6.07) is 10.4. The number of amides is 1. The molecule has 23 heavy (non-hydrogen) atoms. The third kappa shape index (κ3) is 2.52. The molecule has 4 rings (SSSR count). The monoisotopic (exact) mass is 310 g/mol. The molecule has 1 aromatic carbocycles. The van der Waals surface area contributed by atoms with Crippen molar-refractivity contribution in [2.45, 2.75) is 31.6 Å². The molecule has 0 aliphatic carbocycles. The largest absolute Gasteiger partial charge is 0.492 e. The summed E-state index contributed by atoms with van der Waals surface area (Å²) in [6.07, 6.45) is 4.25. The van der Waals surface area contributed by atoms with Gasteiger partial charge < -0.3 is 14.6 Å². The number of nitrogens with zero attached hydrogens (tertiary/aromatic N) is 1. The molecule has 1 fully saturated rings. The summed E-state index contributed by atoms with van der Waals surface area (Å²) in [5.41, 5.74) is 3.67. The van der Waals surface area contributed by atoms with E-state index in [1.807, 2.05) is 23.2 Å². The van der Waals surface area contributed by atoms with E-state index in [1.54, 1.807) is 0 Å². The van der Waals surface area contributed by atoms with Crippen LogP contribution in [0.5, 0.6) is 5.75 Å². The topological polar surface area (TPSA) is 45.3 Å². The summed E-state index contributed by atoms with van der Waals surface area (Å²) in [4.78, 5) is 17.7. The van der Waals surface area contributed by atoms with Gasteiger partial charge in [0, 0.05) is 37.0 Å². The third-order valence-electron chi connectivity index (χ3n) is 5.19. The number of likely N-dealkylation sites (tertiary alicyclic amines) is 1. The van der Waals surface area contributed by atoms with Crippen molar-refractivity contribution >= 4 is 5.91 Å². The van der Waals surface area contributed by atoms with Crippen LogP contribution in [-0.2, 0) is 16.6 Å². The first-order chi connectivity index (χ1) is 11.2. The number of fused-ring (bicyclic) bond motifs is 2. The first-order valence-electron chi connectivity index (χ1n) is 8.30. The Morgan fingerprint density at radius 1 is 1.39 bits per heavy atom. The number of hydrogen-bond acceptors (Lipinski definition) is 2. The molecule has 1 spiro atoms. The molecule has 1 aromatic heterocycles. The molecule has 2 aromatic rings. The summed E-state index contributed by atoms with van der Waals surface area (Å²) < 4.78 is 5.90. The average molecular weight is 310 g/mol. The number of ether oxygens (including phenoxy) is 1. The Kier molecular flexibility index (Phi) is 3.40. The molecular formula is C19H22N2O2. The average Bonchev–Trinajstić information content (AvgIpc) is 3.28. The van der Waals surface area contributed by atoms with Gasteiger partial charge in [-0.1, -0.05) is 17.7 Å². The van der Waals surface area contributed by atoms with Crippen molar-refractivity contribution in [1.82, 2.24) is 9.88 Å². The molecule has 1 atom stereocenters. The van der Waals surface area contributed by atoms with E-state index in [1.165, 1.54) is 11.1 Å². The van der Waals surface area contributed by atoms with E-state index in [0.717, 1.165) is 37.4 Å². The van der Waals surface area contributed by atoms with Crippen LogP contribution in [0.2, 0.25) is 0 Å². The summed E-state index contributed by atoms with van der Waals surface area (Å²) in [5.74, 6) is 1.24. The van der Waals surface area contributed by atoms with Gasteiger partial charge in [-0.15, -0.1) is 0 Å². The lowest BCUT2D eigenvalue weighted by Gasteiger charge is -2.23. The second-order valence-electron chi connectivity index (χ2n) is 6.83. The second kappa shape index (κ2) is 5.44. The molecular weight excluding hydrogens is 288 g/mol. The van der Waals surface area contributed by atoms with Gasteiger partial charge in [0.2, 0.25) is 5.91 Å². The maximum absolute atomic E-state index is 12.5. The number of aryl methyl sites for hydroxylation is 2. The molecule has 2 aliphatic heterocycles. The molecule has 1 amide bonds. The van der Waals surface area contributed by atoms with Gasteiger partial charge in [-0.25, -0.2) is 0 Å². The van der Waals surface area contributed by atoms with Gasteiger partial charge in [0.05, 0.1) is 12.0 Å². The molecule has 1 N–H and O–H groups in total. The van der Waals surface area contributed by atoms with Crippen LogP contribution in [0.25, 0.3) is 0 Å². The number of carbonyl (C=O) groups excluding carboxylic acids is 1. The lowest BCUT2D eigenvalue weighted by molar-refractivity contribution is -0.130. The minimum atomic E-state index is 0.00342. The van der Waals surface area contributed by atoms with Crippen LogP contribution >= 0.6 is 0 Å². The highest BCUT2D eigenvalue weighted by molar-refractivity contribution is 5.77. The number of hydrogen-bond donors (Lipinski definition) is 1. The van der Waals surface area contributed by atoms with Crippen LogP contribution in [0.1, 0.15) is 29.7 Å². The van der Waals surface area contributed by atoms with Crippen LogP contribution < -0.4 is 4.74 Å². The maximum Gasteiger partial charge on any atom is 0.222 e. The number of H-pyrrole nitrogens is 1. The smallest absolute Gasteiger partial charge is 0.222 e. The van der Waals surface area contributed by atoms with Gasteiger partial charge in [-0.3, -0.25) is 4.79 Å². The third-order valence-corrected chi connectivity index (χ3v) is 5.19.